The number of sulfonamides is 1. The fourth-order valence-electron chi connectivity index (χ4n) is 2.42. The summed E-state index contributed by atoms with van der Waals surface area (Å²) >= 11 is 0. The van der Waals surface area contributed by atoms with E-state index in [-0.39, 0.29) is 0 Å². The molecule has 2 aliphatic heterocycles. The largest absolute Gasteiger partial charge is 0.317 e. The van der Waals surface area contributed by atoms with Gasteiger partial charge in [0.15, 0.2) is 0 Å². The van der Waals surface area contributed by atoms with Crippen molar-refractivity contribution in [1.82, 2.24) is 15.4 Å². The smallest absolute Gasteiger partial charge is 0.208 e. The van der Waals surface area contributed by atoms with Gasteiger partial charge >= 0.3 is 0 Å². The van der Waals surface area contributed by atoms with Crippen LogP contribution in [-0.4, -0.2) is 47.4 Å². The normalized spacial score (nSPS) is 21.5. The molecule has 0 radical (unpaired) electrons. The molecule has 0 unspecified atom stereocenters. The fourth-order valence-corrected chi connectivity index (χ4v) is 2.91. The monoisotopic (exact) mass is 291 g/mol. The van der Waals surface area contributed by atoms with Crippen LogP contribution in [-0.2, 0) is 10.0 Å². The molecule has 3 N–H and O–H groups in total. The van der Waals surface area contributed by atoms with Gasteiger partial charge in [0.1, 0.15) is 0 Å². The highest BCUT2D eigenvalue weighted by Crippen LogP contribution is 2.14. The van der Waals surface area contributed by atoms with Crippen molar-refractivity contribution in [3.05, 3.63) is 0 Å². The van der Waals surface area contributed by atoms with Crippen LogP contribution in [0.25, 0.3) is 0 Å². The van der Waals surface area contributed by atoms with Gasteiger partial charge in [-0.2, -0.15) is 0 Å². The molecule has 0 aromatic rings. The van der Waals surface area contributed by atoms with Crippen molar-refractivity contribution in [2.24, 2.45) is 5.92 Å². The molecule has 0 saturated carbocycles. The molecule has 0 bridgehead atoms. The van der Waals surface area contributed by atoms with E-state index in [0.717, 1.165) is 19.5 Å². The predicted molar refractivity (Wildman–Crippen MR) is 79.8 cm³/mol. The Hall–Kier alpha value is -0.170. The first-order chi connectivity index (χ1) is 9.08. The van der Waals surface area contributed by atoms with Crippen molar-refractivity contribution < 1.29 is 8.42 Å². The summed E-state index contributed by atoms with van der Waals surface area (Å²) in [6.45, 7) is 5.23. The lowest BCUT2D eigenvalue weighted by Gasteiger charge is -2.22. The third kappa shape index (κ3) is 10.3. The molecule has 2 fully saturated rings. The lowest BCUT2D eigenvalue weighted by atomic mass is 9.95. The molecule has 19 heavy (non-hydrogen) atoms. The van der Waals surface area contributed by atoms with Crippen LogP contribution in [0.3, 0.4) is 0 Å². The average Bonchev–Trinajstić information content (AvgIpc) is 2.41. The van der Waals surface area contributed by atoms with Gasteiger partial charge in [0.05, 0.1) is 6.26 Å². The summed E-state index contributed by atoms with van der Waals surface area (Å²) in [6, 6.07) is 0. The number of nitrogens with one attached hydrogen (secondary N) is 3. The number of rotatable bonds is 4. The van der Waals surface area contributed by atoms with Crippen LogP contribution >= 0.6 is 0 Å². The van der Waals surface area contributed by atoms with Crippen molar-refractivity contribution in [2.75, 3.05) is 39.0 Å². The van der Waals surface area contributed by atoms with Crippen molar-refractivity contribution in [3.63, 3.8) is 0 Å². The van der Waals surface area contributed by atoms with Gasteiger partial charge in [-0.05, 0) is 64.2 Å². The molecule has 0 aromatic heterocycles. The lowest BCUT2D eigenvalue weighted by molar-refractivity contribution is 0.355. The van der Waals surface area contributed by atoms with E-state index < -0.39 is 10.0 Å². The third-order valence-corrected chi connectivity index (χ3v) is 4.31. The summed E-state index contributed by atoms with van der Waals surface area (Å²) in [6.07, 6.45) is 8.73. The van der Waals surface area contributed by atoms with Gasteiger partial charge in [-0.3, -0.25) is 0 Å². The molecular formula is C13H29N3O2S. The second-order valence-electron chi connectivity index (χ2n) is 5.46. The summed E-state index contributed by atoms with van der Waals surface area (Å²) in [4.78, 5) is 0. The molecule has 0 atom stereocenters. The Balaban J connectivity index is 0.000000250. The zero-order valence-corrected chi connectivity index (χ0v) is 12.9. The molecular weight excluding hydrogens is 262 g/mol. The van der Waals surface area contributed by atoms with E-state index in [2.05, 4.69) is 15.4 Å². The molecule has 114 valence electrons. The van der Waals surface area contributed by atoms with Crippen molar-refractivity contribution in [2.45, 2.75) is 38.5 Å². The highest BCUT2D eigenvalue weighted by atomic mass is 32.2. The minimum atomic E-state index is -2.99. The molecule has 0 aliphatic carbocycles. The molecule has 2 rings (SSSR count). The van der Waals surface area contributed by atoms with Gasteiger partial charge in [0.2, 0.25) is 10.0 Å². The summed E-state index contributed by atoms with van der Waals surface area (Å²) in [5.41, 5.74) is 0. The van der Waals surface area contributed by atoms with Crippen LogP contribution < -0.4 is 15.4 Å². The topological polar surface area (TPSA) is 70.2 Å². The van der Waals surface area contributed by atoms with E-state index in [0.29, 0.717) is 12.5 Å². The van der Waals surface area contributed by atoms with Crippen LogP contribution in [0.2, 0.25) is 0 Å². The van der Waals surface area contributed by atoms with Gasteiger partial charge in [-0.15, -0.1) is 0 Å². The Morgan fingerprint density at radius 3 is 2.00 bits per heavy atom. The zero-order valence-electron chi connectivity index (χ0n) is 12.1. The fraction of sp³-hybridized carbons (Fsp3) is 1.00. The van der Waals surface area contributed by atoms with E-state index in [4.69, 9.17) is 0 Å². The van der Waals surface area contributed by atoms with Crippen molar-refractivity contribution >= 4 is 10.0 Å². The van der Waals surface area contributed by atoms with Gasteiger partial charge < -0.3 is 10.6 Å². The van der Waals surface area contributed by atoms with E-state index >= 15 is 0 Å². The number of hydrogen-bond donors (Lipinski definition) is 3. The maximum Gasteiger partial charge on any atom is 0.208 e. The Labute approximate surface area is 118 Å². The first-order valence-electron chi connectivity index (χ1n) is 7.44. The van der Waals surface area contributed by atoms with Gasteiger partial charge in [0, 0.05) is 6.54 Å². The summed E-state index contributed by atoms with van der Waals surface area (Å²) in [5.74, 6) is 0.690. The van der Waals surface area contributed by atoms with Gasteiger partial charge in [0.25, 0.3) is 0 Å². The highest BCUT2D eigenvalue weighted by molar-refractivity contribution is 7.88. The summed E-state index contributed by atoms with van der Waals surface area (Å²) < 4.78 is 24.0. The van der Waals surface area contributed by atoms with E-state index in [1.165, 1.54) is 51.4 Å². The Kier molecular flexibility index (Phi) is 8.61. The van der Waals surface area contributed by atoms with Crippen LogP contribution in [0.1, 0.15) is 38.5 Å². The maximum atomic E-state index is 10.7. The standard InChI is InChI=1S/C8H18N2O2S.C5H11N/c1-13(11,12)10-7-4-8-2-5-9-6-3-8;1-2-4-6-5-3-1/h8-10H,2-7H2,1H3;6H,1-5H2. The van der Waals surface area contributed by atoms with E-state index in [1.807, 2.05) is 0 Å². The number of piperidine rings is 2. The molecule has 2 aliphatic rings. The molecule has 0 aromatic carbocycles. The van der Waals surface area contributed by atoms with E-state index in [9.17, 15) is 8.42 Å². The second kappa shape index (κ2) is 9.69. The SMILES string of the molecule is C1CCNCC1.CS(=O)(=O)NCCC1CCNCC1. The minimum Gasteiger partial charge on any atom is -0.317 e. The summed E-state index contributed by atoms with van der Waals surface area (Å²) in [5, 5.41) is 6.57. The Bertz CT molecular complexity index is 298. The molecule has 2 saturated heterocycles. The Morgan fingerprint density at radius 2 is 1.58 bits per heavy atom. The highest BCUT2D eigenvalue weighted by Gasteiger charge is 2.12. The predicted octanol–water partition coefficient (Wildman–Crippen LogP) is 0.685. The van der Waals surface area contributed by atoms with Crippen LogP contribution in [0.4, 0.5) is 0 Å². The van der Waals surface area contributed by atoms with Gasteiger partial charge in [-0.1, -0.05) is 6.42 Å². The van der Waals surface area contributed by atoms with E-state index in [1.54, 1.807) is 0 Å². The minimum absolute atomic E-state index is 0.587. The molecule has 6 heteroatoms. The molecule has 2 heterocycles. The molecule has 0 spiro atoms. The lowest BCUT2D eigenvalue weighted by Crippen LogP contribution is -2.31. The van der Waals surface area contributed by atoms with Gasteiger partial charge in [-0.25, -0.2) is 13.1 Å². The quantitative estimate of drug-likeness (QED) is 0.712. The molecule has 5 nitrogen and oxygen atoms in total. The average molecular weight is 291 g/mol. The first kappa shape index (κ1) is 16.9. The van der Waals surface area contributed by atoms with Crippen molar-refractivity contribution in [3.8, 4) is 0 Å². The molecule has 0 amide bonds. The Morgan fingerprint density at radius 1 is 1.00 bits per heavy atom. The second-order valence-corrected chi connectivity index (χ2v) is 7.29. The first-order valence-corrected chi connectivity index (χ1v) is 9.33. The summed E-state index contributed by atoms with van der Waals surface area (Å²) in [7, 11) is -2.99. The third-order valence-electron chi connectivity index (χ3n) is 3.58. The maximum absolute atomic E-state index is 10.7. The van der Waals surface area contributed by atoms with Crippen LogP contribution in [0.15, 0.2) is 0 Å². The van der Waals surface area contributed by atoms with Crippen LogP contribution in [0, 0.1) is 5.92 Å². The van der Waals surface area contributed by atoms with Crippen molar-refractivity contribution in [1.29, 1.82) is 0 Å². The van der Waals surface area contributed by atoms with Crippen LogP contribution in [0.5, 0.6) is 0 Å². The zero-order chi connectivity index (χ0) is 14.0. The number of hydrogen-bond acceptors (Lipinski definition) is 4.